The molecule has 0 atom stereocenters. The summed E-state index contributed by atoms with van der Waals surface area (Å²) in [6.45, 7) is 6.18. The van der Waals surface area contributed by atoms with Gasteiger partial charge >= 0.3 is 0 Å². The molecule has 2 aliphatic rings. The molecule has 1 saturated heterocycles. The Bertz CT molecular complexity index is 372. The molecule has 108 valence electrons. The van der Waals surface area contributed by atoms with Crippen LogP contribution in [-0.2, 0) is 4.79 Å². The Morgan fingerprint density at radius 3 is 2.26 bits per heavy atom. The Kier molecular flexibility index (Phi) is 4.19. The minimum atomic E-state index is -0.541. The van der Waals surface area contributed by atoms with Gasteiger partial charge in [0.1, 0.15) is 0 Å². The van der Waals surface area contributed by atoms with Crippen LogP contribution in [0.3, 0.4) is 0 Å². The van der Waals surface area contributed by atoms with E-state index in [2.05, 4.69) is 13.8 Å². The van der Waals surface area contributed by atoms with Gasteiger partial charge in [0.25, 0.3) is 0 Å². The van der Waals surface area contributed by atoms with Crippen molar-refractivity contribution in [2.75, 3.05) is 13.1 Å². The van der Waals surface area contributed by atoms with Crippen molar-refractivity contribution in [3.63, 3.8) is 0 Å². The summed E-state index contributed by atoms with van der Waals surface area (Å²) in [4.78, 5) is 15.4. The van der Waals surface area contributed by atoms with Crippen LogP contribution in [0.2, 0.25) is 0 Å². The zero-order chi connectivity index (χ0) is 14.1. The Balaban J connectivity index is 2.18. The number of hydrogen-bond donors (Lipinski definition) is 1. The van der Waals surface area contributed by atoms with Gasteiger partial charge in [0.15, 0.2) is 0 Å². The van der Waals surface area contributed by atoms with Gasteiger partial charge in [-0.25, -0.2) is 0 Å². The molecule has 0 aromatic rings. The van der Waals surface area contributed by atoms with Crippen LogP contribution < -0.4 is 5.73 Å². The molecule has 0 aromatic carbocycles. The molecule has 0 unspecified atom stereocenters. The second-order valence-electron chi connectivity index (χ2n) is 7.00. The fraction of sp³-hybridized carbons (Fsp3) is 0.867. The molecule has 1 aliphatic carbocycles. The van der Waals surface area contributed by atoms with Crippen LogP contribution in [0.5, 0.6) is 0 Å². The van der Waals surface area contributed by atoms with E-state index in [1.54, 1.807) is 0 Å². The highest BCUT2D eigenvalue weighted by molar-refractivity contribution is 7.80. The average Bonchev–Trinajstić information content (AvgIpc) is 2.37. The number of rotatable bonds is 2. The van der Waals surface area contributed by atoms with Crippen molar-refractivity contribution >= 4 is 23.1 Å². The number of hydrogen-bond acceptors (Lipinski definition) is 2. The fourth-order valence-corrected chi connectivity index (χ4v) is 3.91. The van der Waals surface area contributed by atoms with Crippen molar-refractivity contribution < 1.29 is 4.79 Å². The molecule has 19 heavy (non-hydrogen) atoms. The van der Waals surface area contributed by atoms with Crippen molar-refractivity contribution in [3.05, 3.63) is 0 Å². The Hall–Kier alpha value is -0.640. The van der Waals surface area contributed by atoms with Crippen molar-refractivity contribution in [2.45, 2.75) is 58.8 Å². The smallest absolute Gasteiger partial charge is 0.235 e. The third kappa shape index (κ3) is 2.93. The van der Waals surface area contributed by atoms with Crippen molar-refractivity contribution in [1.29, 1.82) is 0 Å². The number of piperidine rings is 1. The number of nitrogens with zero attached hydrogens (tertiary/aromatic N) is 1. The third-order valence-corrected chi connectivity index (χ3v) is 5.17. The summed E-state index contributed by atoms with van der Waals surface area (Å²) in [5.41, 5.74) is 5.64. The van der Waals surface area contributed by atoms with Gasteiger partial charge in [-0.3, -0.25) is 4.79 Å². The SMILES string of the molecule is CC1(C)CCCN(C(=O)C2(C(N)=S)CCCCC2)C1. The predicted molar refractivity (Wildman–Crippen MR) is 81.9 cm³/mol. The van der Waals surface area contributed by atoms with Crippen LogP contribution in [0.15, 0.2) is 0 Å². The Labute approximate surface area is 121 Å². The van der Waals surface area contributed by atoms with Gasteiger partial charge in [-0.1, -0.05) is 45.3 Å². The van der Waals surface area contributed by atoms with Gasteiger partial charge in [0, 0.05) is 13.1 Å². The van der Waals surface area contributed by atoms with Gasteiger partial charge < -0.3 is 10.6 Å². The highest BCUT2D eigenvalue weighted by Gasteiger charge is 2.46. The normalized spacial score (nSPS) is 25.9. The van der Waals surface area contributed by atoms with Crippen molar-refractivity contribution in [1.82, 2.24) is 4.90 Å². The van der Waals surface area contributed by atoms with Crippen LogP contribution in [0.1, 0.15) is 58.8 Å². The van der Waals surface area contributed by atoms with Crippen LogP contribution >= 0.6 is 12.2 Å². The number of carbonyl (C=O) groups excluding carboxylic acids is 1. The molecule has 4 heteroatoms. The molecule has 1 amide bonds. The topological polar surface area (TPSA) is 46.3 Å². The molecule has 0 bridgehead atoms. The number of amides is 1. The number of carbonyl (C=O) groups is 1. The maximum Gasteiger partial charge on any atom is 0.235 e. The van der Waals surface area contributed by atoms with Crippen LogP contribution in [0, 0.1) is 10.8 Å². The predicted octanol–water partition coefficient (Wildman–Crippen LogP) is 2.87. The molecular weight excluding hydrogens is 256 g/mol. The number of thiocarbonyl (C=S) groups is 1. The molecule has 3 nitrogen and oxygen atoms in total. The standard InChI is InChI=1S/C15H26N2OS/c1-14(2)7-6-10-17(11-14)13(18)15(12(16)19)8-4-3-5-9-15/h3-11H2,1-2H3,(H2,16,19). The molecule has 1 saturated carbocycles. The second-order valence-corrected chi connectivity index (χ2v) is 7.44. The highest BCUT2D eigenvalue weighted by Crippen LogP contribution is 2.40. The van der Waals surface area contributed by atoms with E-state index in [0.717, 1.165) is 45.2 Å². The first kappa shape index (κ1) is 14.8. The lowest BCUT2D eigenvalue weighted by Crippen LogP contribution is -2.55. The van der Waals surface area contributed by atoms with Crippen LogP contribution in [-0.4, -0.2) is 28.9 Å². The van der Waals surface area contributed by atoms with E-state index in [1.165, 1.54) is 12.8 Å². The van der Waals surface area contributed by atoms with Crippen LogP contribution in [0.4, 0.5) is 0 Å². The molecule has 1 heterocycles. The molecule has 2 fully saturated rings. The fourth-order valence-electron chi connectivity index (χ4n) is 3.62. The summed E-state index contributed by atoms with van der Waals surface area (Å²) in [5.74, 6) is 0.201. The summed E-state index contributed by atoms with van der Waals surface area (Å²) in [7, 11) is 0. The minimum Gasteiger partial charge on any atom is -0.392 e. The summed E-state index contributed by atoms with van der Waals surface area (Å²) < 4.78 is 0. The van der Waals surface area contributed by atoms with Gasteiger partial charge in [-0.15, -0.1) is 0 Å². The molecule has 2 N–H and O–H groups in total. The first-order valence-electron chi connectivity index (χ1n) is 7.47. The van der Waals surface area contributed by atoms with Gasteiger partial charge in [-0.2, -0.15) is 0 Å². The largest absolute Gasteiger partial charge is 0.392 e. The van der Waals surface area contributed by atoms with E-state index in [0.29, 0.717) is 4.99 Å². The minimum absolute atomic E-state index is 0.201. The lowest BCUT2D eigenvalue weighted by molar-refractivity contribution is -0.142. The zero-order valence-electron chi connectivity index (χ0n) is 12.2. The van der Waals surface area contributed by atoms with Gasteiger partial charge in [0.05, 0.1) is 10.4 Å². The summed E-state index contributed by atoms with van der Waals surface area (Å²) >= 11 is 5.26. The molecule has 0 radical (unpaired) electrons. The molecule has 0 spiro atoms. The lowest BCUT2D eigenvalue weighted by Gasteiger charge is -2.44. The number of nitrogens with two attached hydrogens (primary N) is 1. The van der Waals surface area contributed by atoms with E-state index in [4.69, 9.17) is 18.0 Å². The lowest BCUT2D eigenvalue weighted by atomic mass is 9.72. The molecule has 1 aliphatic heterocycles. The summed E-state index contributed by atoms with van der Waals surface area (Å²) in [5, 5.41) is 0. The van der Waals surface area contributed by atoms with Gasteiger partial charge in [0.2, 0.25) is 5.91 Å². The quantitative estimate of drug-likeness (QED) is 0.792. The monoisotopic (exact) mass is 282 g/mol. The molecule has 2 rings (SSSR count). The van der Waals surface area contributed by atoms with E-state index >= 15 is 0 Å². The first-order valence-corrected chi connectivity index (χ1v) is 7.88. The van der Waals surface area contributed by atoms with Crippen LogP contribution in [0.25, 0.3) is 0 Å². The average molecular weight is 282 g/mol. The first-order chi connectivity index (χ1) is 8.87. The highest BCUT2D eigenvalue weighted by atomic mass is 32.1. The summed E-state index contributed by atoms with van der Waals surface area (Å²) in [6, 6.07) is 0. The zero-order valence-corrected chi connectivity index (χ0v) is 13.0. The van der Waals surface area contributed by atoms with Crippen molar-refractivity contribution in [3.8, 4) is 0 Å². The maximum absolute atomic E-state index is 13.0. The van der Waals surface area contributed by atoms with E-state index < -0.39 is 5.41 Å². The summed E-state index contributed by atoms with van der Waals surface area (Å²) in [6.07, 6.45) is 7.31. The Morgan fingerprint density at radius 1 is 1.11 bits per heavy atom. The van der Waals surface area contributed by atoms with E-state index in [9.17, 15) is 4.79 Å². The molecular formula is C15H26N2OS. The second kappa shape index (κ2) is 5.39. The van der Waals surface area contributed by atoms with Crippen molar-refractivity contribution in [2.24, 2.45) is 16.6 Å². The molecule has 0 aromatic heterocycles. The van der Waals surface area contributed by atoms with Gasteiger partial charge in [-0.05, 0) is 31.1 Å². The van der Waals surface area contributed by atoms with E-state index in [1.807, 2.05) is 4.90 Å². The maximum atomic E-state index is 13.0. The third-order valence-electron chi connectivity index (χ3n) is 4.78. The number of likely N-dealkylation sites (tertiary alicyclic amines) is 1. The Morgan fingerprint density at radius 2 is 1.74 bits per heavy atom. The van der Waals surface area contributed by atoms with E-state index in [-0.39, 0.29) is 11.3 Å².